The molecular formula is C18H18N2O4. The van der Waals surface area contributed by atoms with Crippen LogP contribution in [0, 0.1) is 11.3 Å². The van der Waals surface area contributed by atoms with Crippen LogP contribution in [-0.2, 0) is 4.79 Å². The van der Waals surface area contributed by atoms with Crippen molar-refractivity contribution < 1.29 is 19.0 Å². The molecule has 1 N–H and O–H groups in total. The van der Waals surface area contributed by atoms with Gasteiger partial charge in [-0.25, -0.2) is 0 Å². The van der Waals surface area contributed by atoms with Crippen molar-refractivity contribution in [2.45, 2.75) is 13.0 Å². The van der Waals surface area contributed by atoms with E-state index < -0.39 is 6.10 Å². The van der Waals surface area contributed by atoms with E-state index in [1.165, 1.54) is 14.2 Å². The molecule has 6 heteroatoms. The van der Waals surface area contributed by atoms with Gasteiger partial charge in [0.1, 0.15) is 23.3 Å². The van der Waals surface area contributed by atoms with E-state index in [2.05, 4.69) is 5.32 Å². The van der Waals surface area contributed by atoms with Crippen LogP contribution in [0.1, 0.15) is 12.5 Å². The Bertz CT molecular complexity index is 746. The van der Waals surface area contributed by atoms with Crippen molar-refractivity contribution in [1.82, 2.24) is 0 Å². The lowest BCUT2D eigenvalue weighted by Gasteiger charge is -2.16. The minimum atomic E-state index is -0.781. The van der Waals surface area contributed by atoms with Gasteiger partial charge in [-0.1, -0.05) is 12.1 Å². The zero-order chi connectivity index (χ0) is 17.5. The Morgan fingerprint density at radius 2 is 1.75 bits per heavy atom. The lowest BCUT2D eigenvalue weighted by Crippen LogP contribution is -2.30. The highest BCUT2D eigenvalue weighted by molar-refractivity contribution is 5.94. The van der Waals surface area contributed by atoms with Crippen molar-refractivity contribution >= 4 is 11.6 Å². The molecule has 0 bridgehead atoms. The molecule has 1 unspecified atom stereocenters. The molecule has 0 aromatic heterocycles. The number of rotatable bonds is 6. The molecule has 0 aliphatic rings. The number of hydrogen-bond donors (Lipinski definition) is 1. The standard InChI is InChI=1S/C18H18N2O4/c1-12(24-17-7-5-4-6-13(17)11-19)18(21)20-14-8-15(22-2)10-16(9-14)23-3/h4-10,12H,1-3H3,(H,20,21). The molecule has 24 heavy (non-hydrogen) atoms. The molecule has 0 spiro atoms. The van der Waals surface area contributed by atoms with E-state index in [9.17, 15) is 4.79 Å². The van der Waals surface area contributed by atoms with Crippen LogP contribution >= 0.6 is 0 Å². The number of anilines is 1. The van der Waals surface area contributed by atoms with Crippen LogP contribution in [0.15, 0.2) is 42.5 Å². The molecule has 0 saturated carbocycles. The topological polar surface area (TPSA) is 80.6 Å². The summed E-state index contributed by atoms with van der Waals surface area (Å²) < 4.78 is 15.9. The van der Waals surface area contributed by atoms with E-state index >= 15 is 0 Å². The molecule has 2 aromatic rings. The molecular weight excluding hydrogens is 308 g/mol. The highest BCUT2D eigenvalue weighted by atomic mass is 16.5. The summed E-state index contributed by atoms with van der Waals surface area (Å²) in [6.45, 7) is 1.61. The third-order valence-corrected chi connectivity index (χ3v) is 3.30. The summed E-state index contributed by atoms with van der Waals surface area (Å²) in [4.78, 5) is 12.3. The van der Waals surface area contributed by atoms with Crippen LogP contribution < -0.4 is 19.5 Å². The fourth-order valence-electron chi connectivity index (χ4n) is 2.03. The third-order valence-electron chi connectivity index (χ3n) is 3.30. The van der Waals surface area contributed by atoms with Crippen molar-refractivity contribution in [3.8, 4) is 23.3 Å². The fourth-order valence-corrected chi connectivity index (χ4v) is 2.03. The molecule has 2 rings (SSSR count). The minimum Gasteiger partial charge on any atom is -0.497 e. The quantitative estimate of drug-likeness (QED) is 0.882. The lowest BCUT2D eigenvalue weighted by molar-refractivity contribution is -0.122. The largest absolute Gasteiger partial charge is 0.497 e. The highest BCUT2D eigenvalue weighted by Gasteiger charge is 2.17. The van der Waals surface area contributed by atoms with Crippen molar-refractivity contribution in [1.29, 1.82) is 5.26 Å². The van der Waals surface area contributed by atoms with Gasteiger partial charge in [-0.15, -0.1) is 0 Å². The zero-order valence-electron chi connectivity index (χ0n) is 13.7. The van der Waals surface area contributed by atoms with Gasteiger partial charge in [-0.2, -0.15) is 5.26 Å². The molecule has 2 aromatic carbocycles. The summed E-state index contributed by atoms with van der Waals surface area (Å²) in [5.41, 5.74) is 0.903. The van der Waals surface area contributed by atoms with Crippen LogP contribution in [0.2, 0.25) is 0 Å². The summed E-state index contributed by atoms with van der Waals surface area (Å²) in [5.74, 6) is 1.14. The summed E-state index contributed by atoms with van der Waals surface area (Å²) in [5, 5.41) is 11.8. The lowest BCUT2D eigenvalue weighted by atomic mass is 10.2. The number of methoxy groups -OCH3 is 2. The zero-order valence-corrected chi connectivity index (χ0v) is 13.7. The highest BCUT2D eigenvalue weighted by Crippen LogP contribution is 2.26. The maximum Gasteiger partial charge on any atom is 0.265 e. The van der Waals surface area contributed by atoms with E-state index in [4.69, 9.17) is 19.5 Å². The average Bonchev–Trinajstić information content (AvgIpc) is 2.61. The fraction of sp³-hybridized carbons (Fsp3) is 0.222. The molecule has 1 amide bonds. The first kappa shape index (κ1) is 17.2. The molecule has 0 fully saturated rings. The van der Waals surface area contributed by atoms with E-state index in [1.807, 2.05) is 6.07 Å². The summed E-state index contributed by atoms with van der Waals surface area (Å²) >= 11 is 0. The first-order valence-corrected chi connectivity index (χ1v) is 7.27. The van der Waals surface area contributed by atoms with E-state index in [-0.39, 0.29) is 5.91 Å². The Kier molecular flexibility index (Phi) is 5.63. The predicted molar refractivity (Wildman–Crippen MR) is 89.4 cm³/mol. The molecule has 0 aliphatic carbocycles. The van der Waals surface area contributed by atoms with Gasteiger partial charge in [-0.05, 0) is 19.1 Å². The number of benzene rings is 2. The number of ether oxygens (including phenoxy) is 3. The van der Waals surface area contributed by atoms with Crippen molar-refractivity contribution in [2.75, 3.05) is 19.5 Å². The first-order valence-electron chi connectivity index (χ1n) is 7.27. The monoisotopic (exact) mass is 326 g/mol. The second-order valence-corrected chi connectivity index (χ2v) is 4.96. The van der Waals surface area contributed by atoms with Crippen LogP contribution in [-0.4, -0.2) is 26.2 Å². The van der Waals surface area contributed by atoms with Crippen LogP contribution in [0.3, 0.4) is 0 Å². The number of nitrogens with zero attached hydrogens (tertiary/aromatic N) is 1. The normalized spacial score (nSPS) is 11.1. The number of carbonyl (C=O) groups is 1. The van der Waals surface area contributed by atoms with Crippen LogP contribution in [0.4, 0.5) is 5.69 Å². The molecule has 0 radical (unpaired) electrons. The van der Waals surface area contributed by atoms with Gasteiger partial charge in [0.2, 0.25) is 0 Å². The molecule has 1 atom stereocenters. The van der Waals surface area contributed by atoms with E-state index in [0.717, 1.165) is 0 Å². The molecule has 6 nitrogen and oxygen atoms in total. The summed E-state index contributed by atoms with van der Waals surface area (Å²) in [7, 11) is 3.07. The Morgan fingerprint density at radius 1 is 1.12 bits per heavy atom. The Hall–Kier alpha value is -3.20. The molecule has 0 aliphatic heterocycles. The van der Waals surface area contributed by atoms with Gasteiger partial charge in [0, 0.05) is 23.9 Å². The van der Waals surface area contributed by atoms with Crippen molar-refractivity contribution in [3.05, 3.63) is 48.0 Å². The number of para-hydroxylation sites is 1. The number of carbonyl (C=O) groups excluding carboxylic acids is 1. The van der Waals surface area contributed by atoms with Gasteiger partial charge >= 0.3 is 0 Å². The number of hydrogen-bond acceptors (Lipinski definition) is 5. The second-order valence-electron chi connectivity index (χ2n) is 4.96. The smallest absolute Gasteiger partial charge is 0.265 e. The van der Waals surface area contributed by atoms with Crippen LogP contribution in [0.25, 0.3) is 0 Å². The maximum absolute atomic E-state index is 12.3. The number of amides is 1. The summed E-state index contributed by atoms with van der Waals surface area (Å²) in [6, 6.07) is 13.9. The van der Waals surface area contributed by atoms with Gasteiger partial charge < -0.3 is 19.5 Å². The van der Waals surface area contributed by atoms with Gasteiger partial charge in [0.05, 0.1) is 19.8 Å². The third kappa shape index (κ3) is 4.17. The maximum atomic E-state index is 12.3. The molecule has 0 heterocycles. The minimum absolute atomic E-state index is 0.349. The van der Waals surface area contributed by atoms with Crippen LogP contribution in [0.5, 0.6) is 17.2 Å². The first-order chi connectivity index (χ1) is 11.6. The van der Waals surface area contributed by atoms with E-state index in [0.29, 0.717) is 28.5 Å². The molecule has 124 valence electrons. The summed E-state index contributed by atoms with van der Waals surface area (Å²) in [6.07, 6.45) is -0.781. The SMILES string of the molecule is COc1cc(NC(=O)C(C)Oc2ccccc2C#N)cc(OC)c1. The van der Waals surface area contributed by atoms with Gasteiger partial charge in [0.15, 0.2) is 6.10 Å². The average molecular weight is 326 g/mol. The molecule has 0 saturated heterocycles. The van der Waals surface area contributed by atoms with E-state index in [1.54, 1.807) is 49.4 Å². The van der Waals surface area contributed by atoms with Crippen molar-refractivity contribution in [3.63, 3.8) is 0 Å². The van der Waals surface area contributed by atoms with Crippen molar-refractivity contribution in [2.24, 2.45) is 0 Å². The number of nitriles is 1. The van der Waals surface area contributed by atoms with Gasteiger partial charge in [-0.3, -0.25) is 4.79 Å². The Balaban J connectivity index is 2.10. The predicted octanol–water partition coefficient (Wildman–Crippen LogP) is 2.98. The number of nitrogens with one attached hydrogen (secondary N) is 1. The Morgan fingerprint density at radius 3 is 2.33 bits per heavy atom. The Labute approximate surface area is 140 Å². The second kappa shape index (κ2) is 7.88. The van der Waals surface area contributed by atoms with Gasteiger partial charge in [0.25, 0.3) is 5.91 Å².